The number of alkyl halides is 3. The predicted molar refractivity (Wildman–Crippen MR) is 97.3 cm³/mol. The van der Waals surface area contributed by atoms with Crippen LogP contribution >= 0.6 is 0 Å². The Morgan fingerprint density at radius 2 is 1.85 bits per heavy atom. The van der Waals surface area contributed by atoms with Crippen molar-refractivity contribution in [3.8, 4) is 0 Å². The van der Waals surface area contributed by atoms with Crippen molar-refractivity contribution >= 4 is 6.08 Å². The summed E-state index contributed by atoms with van der Waals surface area (Å²) in [7, 11) is 0. The topological polar surface area (TPSA) is 12.5 Å². The largest absolute Gasteiger partial charge is 0.493 e. The molecule has 3 rings (SSSR count). The molecule has 0 spiro atoms. The molecule has 138 valence electrons. The van der Waals surface area contributed by atoms with Gasteiger partial charge >= 0.3 is 6.18 Å². The fourth-order valence-electron chi connectivity index (χ4n) is 3.12. The number of ether oxygens (including phenoxy) is 1. The van der Waals surface area contributed by atoms with Gasteiger partial charge in [0.15, 0.2) is 0 Å². The van der Waals surface area contributed by atoms with Crippen LogP contribution in [0.15, 0.2) is 66.5 Å². The minimum absolute atomic E-state index is 0.108. The van der Waals surface area contributed by atoms with E-state index in [1.54, 1.807) is 0 Å². The van der Waals surface area contributed by atoms with Gasteiger partial charge in [-0.15, -0.1) is 0 Å². The lowest BCUT2D eigenvalue weighted by molar-refractivity contribution is -0.137. The number of hydrogen-bond donors (Lipinski definition) is 0. The average Bonchev–Trinajstić information content (AvgIpc) is 3.03. The minimum Gasteiger partial charge on any atom is -0.493 e. The van der Waals surface area contributed by atoms with Crippen LogP contribution in [0.5, 0.6) is 0 Å². The van der Waals surface area contributed by atoms with E-state index >= 15 is 0 Å². The van der Waals surface area contributed by atoms with Gasteiger partial charge in [0.2, 0.25) is 0 Å². The van der Waals surface area contributed by atoms with Crippen LogP contribution < -0.4 is 0 Å². The Hall–Kier alpha value is -2.27. The third kappa shape index (κ3) is 4.47. The van der Waals surface area contributed by atoms with Crippen LogP contribution in [0.25, 0.3) is 6.08 Å². The van der Waals surface area contributed by atoms with Gasteiger partial charge in [0.1, 0.15) is 6.10 Å². The van der Waals surface area contributed by atoms with E-state index in [1.807, 2.05) is 30.6 Å². The Morgan fingerprint density at radius 3 is 2.54 bits per heavy atom. The molecule has 2 aliphatic rings. The summed E-state index contributed by atoms with van der Waals surface area (Å²) in [4.78, 5) is 2.27. The SMILES string of the molecule is CCN(CC=Cc1ccc(C(F)(F)F)cc1)CC1=COC2C=CC=CC12. The van der Waals surface area contributed by atoms with E-state index in [4.69, 9.17) is 4.74 Å². The molecular weight excluding hydrogens is 339 g/mol. The van der Waals surface area contributed by atoms with E-state index in [-0.39, 0.29) is 6.10 Å². The molecule has 2 nitrogen and oxygen atoms in total. The first-order chi connectivity index (χ1) is 12.5. The van der Waals surface area contributed by atoms with Crippen molar-refractivity contribution in [1.82, 2.24) is 4.90 Å². The van der Waals surface area contributed by atoms with E-state index in [2.05, 4.69) is 24.0 Å². The van der Waals surface area contributed by atoms with Crippen molar-refractivity contribution in [2.24, 2.45) is 5.92 Å². The van der Waals surface area contributed by atoms with E-state index in [1.165, 1.54) is 17.7 Å². The lowest BCUT2D eigenvalue weighted by Gasteiger charge is -2.23. The van der Waals surface area contributed by atoms with Gasteiger partial charge in [-0.2, -0.15) is 13.2 Å². The van der Waals surface area contributed by atoms with Crippen LogP contribution in [-0.2, 0) is 10.9 Å². The zero-order valence-electron chi connectivity index (χ0n) is 14.6. The van der Waals surface area contributed by atoms with Crippen molar-refractivity contribution < 1.29 is 17.9 Å². The van der Waals surface area contributed by atoms with Crippen LogP contribution in [-0.4, -0.2) is 30.6 Å². The second kappa shape index (κ2) is 7.96. The standard InChI is InChI=1S/C21H22F3NO/c1-2-25(14-17-15-26-20-8-4-3-7-19(17)20)13-5-6-16-9-11-18(12-10-16)21(22,23)24/h3-12,15,19-20H,2,13-14H2,1H3. The molecule has 5 heteroatoms. The molecule has 0 bridgehead atoms. The van der Waals surface area contributed by atoms with Crippen molar-refractivity contribution in [1.29, 1.82) is 0 Å². The summed E-state index contributed by atoms with van der Waals surface area (Å²) in [5, 5.41) is 0. The Kier molecular flexibility index (Phi) is 5.67. The first kappa shape index (κ1) is 18.5. The highest BCUT2D eigenvalue weighted by molar-refractivity contribution is 5.50. The van der Waals surface area contributed by atoms with Crippen LogP contribution in [0, 0.1) is 5.92 Å². The van der Waals surface area contributed by atoms with E-state index in [9.17, 15) is 13.2 Å². The number of hydrogen-bond acceptors (Lipinski definition) is 2. The monoisotopic (exact) mass is 361 g/mol. The Labute approximate surface area is 152 Å². The fraction of sp³-hybridized carbons (Fsp3) is 0.333. The van der Waals surface area contributed by atoms with Crippen molar-refractivity contribution in [3.63, 3.8) is 0 Å². The zero-order valence-corrected chi connectivity index (χ0v) is 14.6. The number of likely N-dealkylation sites (N-methyl/N-ethyl adjacent to an activating group) is 1. The molecule has 1 aliphatic heterocycles. The van der Waals surface area contributed by atoms with E-state index in [0.29, 0.717) is 5.92 Å². The van der Waals surface area contributed by atoms with Gasteiger partial charge in [-0.1, -0.05) is 49.4 Å². The van der Waals surface area contributed by atoms with Crippen LogP contribution in [0.3, 0.4) is 0 Å². The Balaban J connectivity index is 1.55. The van der Waals surface area contributed by atoms with Gasteiger partial charge in [-0.05, 0) is 35.9 Å². The molecule has 1 heterocycles. The lowest BCUT2D eigenvalue weighted by Crippen LogP contribution is -2.28. The van der Waals surface area contributed by atoms with Gasteiger partial charge < -0.3 is 4.74 Å². The normalized spacial score (nSPS) is 22.0. The molecule has 0 saturated carbocycles. The number of rotatable bonds is 6. The second-order valence-electron chi connectivity index (χ2n) is 6.44. The van der Waals surface area contributed by atoms with Gasteiger partial charge in [0.05, 0.1) is 11.8 Å². The quantitative estimate of drug-likeness (QED) is 0.702. The molecule has 1 aliphatic carbocycles. The van der Waals surface area contributed by atoms with Crippen LogP contribution in [0.4, 0.5) is 13.2 Å². The summed E-state index contributed by atoms with van der Waals surface area (Å²) >= 11 is 0. The number of nitrogens with zero attached hydrogens (tertiary/aromatic N) is 1. The average molecular weight is 361 g/mol. The highest BCUT2D eigenvalue weighted by Crippen LogP contribution is 2.31. The fourth-order valence-corrected chi connectivity index (χ4v) is 3.12. The summed E-state index contributed by atoms with van der Waals surface area (Å²) in [5.74, 6) is 0.299. The molecule has 2 unspecified atom stereocenters. The first-order valence-corrected chi connectivity index (χ1v) is 8.73. The smallest absolute Gasteiger partial charge is 0.416 e. The summed E-state index contributed by atoms with van der Waals surface area (Å²) in [6, 6.07) is 5.21. The Bertz CT molecular complexity index is 729. The summed E-state index contributed by atoms with van der Waals surface area (Å²) in [5.41, 5.74) is 1.39. The molecule has 0 radical (unpaired) electrons. The number of benzene rings is 1. The third-order valence-electron chi connectivity index (χ3n) is 4.65. The van der Waals surface area contributed by atoms with Crippen LogP contribution in [0.2, 0.25) is 0 Å². The summed E-state index contributed by atoms with van der Waals surface area (Å²) < 4.78 is 43.4. The molecule has 1 aromatic carbocycles. The van der Waals surface area contributed by atoms with E-state index < -0.39 is 11.7 Å². The maximum absolute atomic E-state index is 12.6. The number of halogens is 3. The molecule has 0 fully saturated rings. The van der Waals surface area contributed by atoms with Gasteiger partial charge in [-0.3, -0.25) is 4.90 Å². The highest BCUT2D eigenvalue weighted by Gasteiger charge is 2.30. The number of fused-ring (bicyclic) bond motifs is 1. The van der Waals surface area contributed by atoms with E-state index in [0.717, 1.165) is 37.3 Å². The number of allylic oxidation sites excluding steroid dienone is 2. The maximum atomic E-state index is 12.6. The minimum atomic E-state index is -4.29. The van der Waals surface area contributed by atoms with Crippen molar-refractivity contribution in [2.45, 2.75) is 19.2 Å². The molecule has 26 heavy (non-hydrogen) atoms. The Morgan fingerprint density at radius 1 is 1.12 bits per heavy atom. The van der Waals surface area contributed by atoms with Gasteiger partial charge in [-0.25, -0.2) is 0 Å². The highest BCUT2D eigenvalue weighted by atomic mass is 19.4. The zero-order chi connectivity index (χ0) is 18.6. The molecule has 0 amide bonds. The van der Waals surface area contributed by atoms with Crippen LogP contribution in [0.1, 0.15) is 18.1 Å². The van der Waals surface area contributed by atoms with Crippen molar-refractivity contribution in [2.75, 3.05) is 19.6 Å². The summed E-state index contributed by atoms with van der Waals surface area (Å²) in [6.45, 7) is 4.51. The maximum Gasteiger partial charge on any atom is 0.416 e. The molecule has 2 atom stereocenters. The lowest BCUT2D eigenvalue weighted by atomic mass is 9.92. The molecule has 1 aromatic rings. The van der Waals surface area contributed by atoms with Crippen molar-refractivity contribution in [3.05, 3.63) is 77.6 Å². The van der Waals surface area contributed by atoms with Gasteiger partial charge in [0.25, 0.3) is 0 Å². The van der Waals surface area contributed by atoms with Gasteiger partial charge in [0, 0.05) is 19.0 Å². The molecular formula is C21H22F3NO. The molecule has 0 saturated heterocycles. The summed E-state index contributed by atoms with van der Waals surface area (Å²) in [6.07, 6.45) is 9.79. The second-order valence-corrected chi connectivity index (χ2v) is 6.44. The molecule has 0 aromatic heterocycles. The molecule has 0 N–H and O–H groups in total. The predicted octanol–water partition coefficient (Wildman–Crippen LogP) is 5.07. The first-order valence-electron chi connectivity index (χ1n) is 8.73. The third-order valence-corrected chi connectivity index (χ3v) is 4.65.